The van der Waals surface area contributed by atoms with E-state index in [4.69, 9.17) is 14.0 Å². The maximum absolute atomic E-state index is 11.8. The van der Waals surface area contributed by atoms with Crippen molar-refractivity contribution in [1.29, 1.82) is 0 Å². The minimum absolute atomic E-state index is 0.294. The Balaban J connectivity index is 1.59. The largest absolute Gasteiger partial charge is 0.495 e. The van der Waals surface area contributed by atoms with Gasteiger partial charge in [-0.2, -0.15) is 4.98 Å². The second-order valence-electron chi connectivity index (χ2n) is 6.22. The summed E-state index contributed by atoms with van der Waals surface area (Å²) < 4.78 is 15.7. The van der Waals surface area contributed by atoms with Crippen molar-refractivity contribution in [2.24, 2.45) is 0 Å². The lowest BCUT2D eigenvalue weighted by atomic mass is 10.0. The molecule has 142 valence electrons. The van der Waals surface area contributed by atoms with E-state index < -0.39 is 5.63 Å². The Labute approximate surface area is 156 Å². The normalized spacial score (nSPS) is 12.0. The fourth-order valence-electron chi connectivity index (χ4n) is 2.70. The van der Waals surface area contributed by atoms with Crippen LogP contribution in [0.5, 0.6) is 11.6 Å². The number of nitrogens with zero attached hydrogens (tertiary/aromatic N) is 3. The zero-order chi connectivity index (χ0) is 19.2. The molecule has 0 spiro atoms. The smallest absolute Gasteiger partial charge is 0.365 e. The molecule has 0 radical (unpaired) electrons. The number of rotatable bonds is 8. The third-order valence-electron chi connectivity index (χ3n) is 4.26. The Morgan fingerprint density at radius 2 is 2.07 bits per heavy atom. The van der Waals surface area contributed by atoms with E-state index >= 15 is 0 Å². The lowest BCUT2D eigenvalue weighted by Crippen LogP contribution is -2.07. The highest BCUT2D eigenvalue weighted by molar-refractivity contribution is 5.65. The van der Waals surface area contributed by atoms with Crippen LogP contribution >= 0.6 is 0 Å². The molecule has 0 saturated heterocycles. The van der Waals surface area contributed by atoms with Gasteiger partial charge in [0, 0.05) is 11.9 Å². The summed E-state index contributed by atoms with van der Waals surface area (Å²) in [5.74, 6) is 1.99. The molecular weight excluding hydrogens is 348 g/mol. The van der Waals surface area contributed by atoms with Crippen molar-refractivity contribution < 1.29 is 14.0 Å². The second-order valence-corrected chi connectivity index (χ2v) is 6.22. The summed E-state index contributed by atoms with van der Waals surface area (Å²) in [7, 11) is 1.62. The Morgan fingerprint density at radius 3 is 2.74 bits per heavy atom. The molecule has 0 aliphatic heterocycles. The SMILES string of the molecule is COc1ccc([C@H](C)CCCOc2nc(C)ncc2-c2c[nH]oc2=O)nc1. The van der Waals surface area contributed by atoms with E-state index in [9.17, 15) is 4.79 Å². The van der Waals surface area contributed by atoms with Gasteiger partial charge in [0.05, 0.1) is 37.2 Å². The van der Waals surface area contributed by atoms with Gasteiger partial charge in [-0.1, -0.05) is 6.92 Å². The zero-order valence-corrected chi connectivity index (χ0v) is 15.6. The molecule has 0 bridgehead atoms. The lowest BCUT2D eigenvalue weighted by Gasteiger charge is -2.13. The number of methoxy groups -OCH3 is 1. The van der Waals surface area contributed by atoms with Crippen molar-refractivity contribution in [3.63, 3.8) is 0 Å². The van der Waals surface area contributed by atoms with E-state index in [1.54, 1.807) is 26.4 Å². The van der Waals surface area contributed by atoms with Gasteiger partial charge in [0.2, 0.25) is 5.88 Å². The van der Waals surface area contributed by atoms with Crippen LogP contribution in [0.25, 0.3) is 11.1 Å². The number of pyridine rings is 1. The third-order valence-corrected chi connectivity index (χ3v) is 4.26. The van der Waals surface area contributed by atoms with E-state index in [0.29, 0.717) is 35.4 Å². The minimum Gasteiger partial charge on any atom is -0.495 e. The molecule has 1 atom stereocenters. The molecule has 1 N–H and O–H groups in total. The van der Waals surface area contributed by atoms with Crippen LogP contribution in [-0.2, 0) is 0 Å². The maximum atomic E-state index is 11.8. The highest BCUT2D eigenvalue weighted by Crippen LogP contribution is 2.26. The van der Waals surface area contributed by atoms with Gasteiger partial charge in [-0.05, 0) is 37.8 Å². The molecule has 0 unspecified atom stereocenters. The average molecular weight is 370 g/mol. The minimum atomic E-state index is -0.480. The number of H-pyrrole nitrogens is 1. The van der Waals surface area contributed by atoms with E-state index in [2.05, 4.69) is 27.0 Å². The van der Waals surface area contributed by atoms with E-state index in [1.165, 1.54) is 6.20 Å². The van der Waals surface area contributed by atoms with Crippen LogP contribution < -0.4 is 15.1 Å². The summed E-state index contributed by atoms with van der Waals surface area (Å²) in [6.45, 7) is 4.37. The van der Waals surface area contributed by atoms with Crippen LogP contribution in [0.4, 0.5) is 0 Å². The number of aromatic nitrogens is 4. The van der Waals surface area contributed by atoms with Crippen molar-refractivity contribution in [3.8, 4) is 22.8 Å². The van der Waals surface area contributed by atoms with Gasteiger partial charge in [0.15, 0.2) is 0 Å². The summed E-state index contributed by atoms with van der Waals surface area (Å²) in [4.78, 5) is 24.6. The predicted molar refractivity (Wildman–Crippen MR) is 99.0 cm³/mol. The molecule has 0 aromatic carbocycles. The van der Waals surface area contributed by atoms with E-state index in [0.717, 1.165) is 24.3 Å². The second kappa shape index (κ2) is 8.48. The summed E-state index contributed by atoms with van der Waals surface area (Å²) in [5, 5.41) is 2.43. The summed E-state index contributed by atoms with van der Waals surface area (Å²) in [6, 6.07) is 3.88. The highest BCUT2D eigenvalue weighted by atomic mass is 16.5. The molecule has 27 heavy (non-hydrogen) atoms. The first-order valence-corrected chi connectivity index (χ1v) is 8.72. The van der Waals surface area contributed by atoms with Gasteiger partial charge in [-0.25, -0.2) is 14.9 Å². The first-order chi connectivity index (χ1) is 13.1. The van der Waals surface area contributed by atoms with E-state index in [-0.39, 0.29) is 0 Å². The number of aromatic amines is 1. The van der Waals surface area contributed by atoms with Crippen molar-refractivity contribution in [2.45, 2.75) is 32.6 Å². The van der Waals surface area contributed by atoms with Crippen LogP contribution in [0.3, 0.4) is 0 Å². The first kappa shape index (κ1) is 18.6. The number of nitrogens with one attached hydrogen (secondary N) is 1. The average Bonchev–Trinajstić information content (AvgIpc) is 3.11. The maximum Gasteiger partial charge on any atom is 0.365 e. The Bertz CT molecular complexity index is 933. The fraction of sp³-hybridized carbons (Fsp3) is 0.368. The fourth-order valence-corrected chi connectivity index (χ4v) is 2.70. The molecule has 0 fully saturated rings. The van der Waals surface area contributed by atoms with Crippen molar-refractivity contribution in [2.75, 3.05) is 13.7 Å². The lowest BCUT2D eigenvalue weighted by molar-refractivity contribution is 0.291. The highest BCUT2D eigenvalue weighted by Gasteiger charge is 2.15. The van der Waals surface area contributed by atoms with E-state index in [1.807, 2.05) is 12.1 Å². The molecule has 0 saturated carbocycles. The molecule has 0 aliphatic carbocycles. The van der Waals surface area contributed by atoms with Gasteiger partial charge >= 0.3 is 5.63 Å². The van der Waals surface area contributed by atoms with Crippen LogP contribution in [0.15, 0.2) is 40.0 Å². The van der Waals surface area contributed by atoms with Crippen LogP contribution in [0.1, 0.15) is 37.2 Å². The predicted octanol–water partition coefficient (Wildman–Crippen LogP) is 3.10. The van der Waals surface area contributed by atoms with Crippen LogP contribution in [0, 0.1) is 6.92 Å². The standard InChI is InChI=1S/C19H22N4O4/c1-12(17-7-6-14(25-3)9-21-17)5-4-8-26-18-15(10-20-13(2)23-18)16-11-22-27-19(16)24/h6-7,9-12,22H,4-5,8H2,1-3H3/t12-/m1/s1. The number of ether oxygens (including phenoxy) is 2. The quantitative estimate of drug-likeness (QED) is 0.608. The first-order valence-electron chi connectivity index (χ1n) is 8.72. The van der Waals surface area contributed by atoms with Crippen LogP contribution in [0.2, 0.25) is 0 Å². The van der Waals surface area contributed by atoms with Crippen molar-refractivity contribution in [3.05, 3.63) is 52.7 Å². The van der Waals surface area contributed by atoms with Gasteiger partial charge in [0.25, 0.3) is 0 Å². The van der Waals surface area contributed by atoms with Gasteiger partial charge in [-0.3, -0.25) is 4.98 Å². The molecule has 8 heteroatoms. The number of hydrogen-bond donors (Lipinski definition) is 1. The molecule has 0 aliphatic rings. The Morgan fingerprint density at radius 1 is 1.22 bits per heavy atom. The van der Waals surface area contributed by atoms with Gasteiger partial charge in [0.1, 0.15) is 11.6 Å². The zero-order valence-electron chi connectivity index (χ0n) is 15.6. The molecule has 0 amide bonds. The molecule has 3 rings (SSSR count). The van der Waals surface area contributed by atoms with Crippen molar-refractivity contribution >= 4 is 0 Å². The molecule has 3 aromatic rings. The molecule has 3 heterocycles. The molecular formula is C19H22N4O4. The third kappa shape index (κ3) is 4.52. The monoisotopic (exact) mass is 370 g/mol. The van der Waals surface area contributed by atoms with Gasteiger partial charge < -0.3 is 14.0 Å². The summed E-state index contributed by atoms with van der Waals surface area (Å²) >= 11 is 0. The molecule has 3 aromatic heterocycles. The Kier molecular flexibility index (Phi) is 5.85. The topological polar surface area (TPSA) is 103 Å². The van der Waals surface area contributed by atoms with Gasteiger partial charge in [-0.15, -0.1) is 0 Å². The van der Waals surface area contributed by atoms with Crippen molar-refractivity contribution in [1.82, 2.24) is 20.1 Å². The Hall–Kier alpha value is -3.16. The number of aryl methyl sites for hydroxylation is 1. The van der Waals surface area contributed by atoms with Crippen LogP contribution in [-0.4, -0.2) is 33.8 Å². The summed E-state index contributed by atoms with van der Waals surface area (Å²) in [5.41, 5.74) is 1.40. The number of hydrogen-bond acceptors (Lipinski definition) is 7. The summed E-state index contributed by atoms with van der Waals surface area (Å²) in [6.07, 6.45) is 6.49. The molecule has 8 nitrogen and oxygen atoms in total.